The van der Waals surface area contributed by atoms with Crippen molar-refractivity contribution in [1.29, 1.82) is 0 Å². The van der Waals surface area contributed by atoms with Crippen molar-refractivity contribution in [2.45, 2.75) is 23.6 Å². The number of imidazole rings is 1. The molecule has 1 aromatic carbocycles. The molecule has 1 saturated heterocycles. The molecule has 1 aliphatic rings. The molecule has 29 heavy (non-hydrogen) atoms. The number of amides is 1. The third-order valence-electron chi connectivity index (χ3n) is 5.07. The molecule has 7 nitrogen and oxygen atoms in total. The zero-order valence-electron chi connectivity index (χ0n) is 15.8. The lowest BCUT2D eigenvalue weighted by Crippen LogP contribution is -2.45. The van der Waals surface area contributed by atoms with Crippen molar-refractivity contribution in [1.82, 2.24) is 19.2 Å². The van der Waals surface area contributed by atoms with Gasteiger partial charge in [0.25, 0.3) is 10.0 Å². The van der Waals surface area contributed by atoms with Crippen LogP contribution < -0.4 is 5.32 Å². The van der Waals surface area contributed by atoms with E-state index in [1.54, 1.807) is 30.0 Å². The van der Waals surface area contributed by atoms with Crippen LogP contribution in [-0.2, 0) is 21.4 Å². The van der Waals surface area contributed by atoms with E-state index >= 15 is 0 Å². The van der Waals surface area contributed by atoms with Gasteiger partial charge in [-0.2, -0.15) is 4.31 Å². The Morgan fingerprint density at radius 3 is 2.86 bits per heavy atom. The fraction of sp³-hybridized carbons (Fsp3) is 0.300. The average Bonchev–Trinajstić information content (AvgIpc) is 3.47. The number of hydrogen-bond donors (Lipinski definition) is 1. The second-order valence-electron chi connectivity index (χ2n) is 6.95. The Balaban J connectivity index is 1.42. The summed E-state index contributed by atoms with van der Waals surface area (Å²) < 4.78 is 29.2. The molecule has 3 heterocycles. The quantitative estimate of drug-likeness (QED) is 0.652. The van der Waals surface area contributed by atoms with Crippen molar-refractivity contribution in [3.8, 4) is 5.69 Å². The maximum Gasteiger partial charge on any atom is 0.252 e. The average molecular weight is 431 g/mol. The molecule has 2 aromatic heterocycles. The SMILES string of the molecule is O=C(NCc1ccccc1-n1ccnc1)[C@@H]1CCCN(S(=O)(=O)c2cccs2)C1. The first-order valence-corrected chi connectivity index (χ1v) is 11.8. The number of piperidine rings is 1. The standard InChI is InChI=1S/C20H22N4O3S2/c25-20(22-13-16-5-1-2-7-18(16)23-11-9-21-15-23)17-6-3-10-24(14-17)29(26,27)19-8-4-12-28-19/h1-2,4-5,7-9,11-12,15,17H,3,6,10,13-14H2,(H,22,25)/t17-/m1/s1. The number of aromatic nitrogens is 2. The van der Waals surface area contributed by atoms with E-state index < -0.39 is 10.0 Å². The van der Waals surface area contributed by atoms with E-state index in [9.17, 15) is 13.2 Å². The summed E-state index contributed by atoms with van der Waals surface area (Å²) in [6, 6.07) is 11.1. The van der Waals surface area contributed by atoms with Crippen LogP contribution in [0.3, 0.4) is 0 Å². The Bertz CT molecular complexity index is 1060. The fourth-order valence-electron chi connectivity index (χ4n) is 3.55. The van der Waals surface area contributed by atoms with E-state index in [4.69, 9.17) is 0 Å². The number of nitrogens with zero attached hydrogens (tertiary/aromatic N) is 3. The van der Waals surface area contributed by atoms with E-state index in [0.29, 0.717) is 30.1 Å². The van der Waals surface area contributed by atoms with Crippen molar-refractivity contribution < 1.29 is 13.2 Å². The highest BCUT2D eigenvalue weighted by molar-refractivity contribution is 7.91. The molecule has 1 aliphatic heterocycles. The monoisotopic (exact) mass is 430 g/mol. The summed E-state index contributed by atoms with van der Waals surface area (Å²) in [6.45, 7) is 1.05. The van der Waals surface area contributed by atoms with Gasteiger partial charge in [-0.15, -0.1) is 11.3 Å². The van der Waals surface area contributed by atoms with Gasteiger partial charge in [0.15, 0.2) is 0 Å². The molecular weight excluding hydrogens is 408 g/mol. The molecule has 0 bridgehead atoms. The van der Waals surface area contributed by atoms with Gasteiger partial charge >= 0.3 is 0 Å². The van der Waals surface area contributed by atoms with E-state index in [0.717, 1.165) is 11.3 Å². The number of nitrogens with one attached hydrogen (secondary N) is 1. The predicted octanol–water partition coefficient (Wildman–Crippen LogP) is 2.65. The summed E-state index contributed by atoms with van der Waals surface area (Å²) in [7, 11) is -3.53. The van der Waals surface area contributed by atoms with Gasteiger partial charge in [-0.05, 0) is 35.9 Å². The Hall–Kier alpha value is -2.49. The van der Waals surface area contributed by atoms with Crippen LogP contribution in [0.1, 0.15) is 18.4 Å². The van der Waals surface area contributed by atoms with E-state index in [1.165, 1.54) is 15.6 Å². The first kappa shape index (κ1) is 19.8. The Kier molecular flexibility index (Phi) is 5.79. The molecule has 0 radical (unpaired) electrons. The molecule has 3 aromatic rings. The topological polar surface area (TPSA) is 84.3 Å². The number of thiophene rings is 1. The highest BCUT2D eigenvalue weighted by Gasteiger charge is 2.33. The van der Waals surface area contributed by atoms with Gasteiger partial charge < -0.3 is 9.88 Å². The number of para-hydroxylation sites is 1. The van der Waals surface area contributed by atoms with Gasteiger partial charge in [-0.3, -0.25) is 4.79 Å². The maximum atomic E-state index is 12.8. The molecule has 0 aliphatic carbocycles. The van der Waals surface area contributed by atoms with Crippen LogP contribution in [0, 0.1) is 5.92 Å². The van der Waals surface area contributed by atoms with Gasteiger partial charge in [0, 0.05) is 32.0 Å². The van der Waals surface area contributed by atoms with Crippen molar-refractivity contribution in [3.05, 3.63) is 66.1 Å². The molecule has 0 spiro atoms. The lowest BCUT2D eigenvalue weighted by molar-refractivity contribution is -0.126. The molecule has 1 fully saturated rings. The minimum Gasteiger partial charge on any atom is -0.352 e. The van der Waals surface area contributed by atoms with E-state index in [1.807, 2.05) is 35.0 Å². The van der Waals surface area contributed by atoms with Crippen LogP contribution in [0.2, 0.25) is 0 Å². The molecular formula is C20H22N4O3S2. The van der Waals surface area contributed by atoms with Gasteiger partial charge in [0.2, 0.25) is 5.91 Å². The smallest absolute Gasteiger partial charge is 0.252 e. The first-order valence-electron chi connectivity index (χ1n) is 9.43. The number of hydrogen-bond acceptors (Lipinski definition) is 5. The van der Waals surface area contributed by atoms with Gasteiger partial charge in [0.1, 0.15) is 4.21 Å². The fourth-order valence-corrected chi connectivity index (χ4v) is 6.22. The highest BCUT2D eigenvalue weighted by atomic mass is 32.2. The lowest BCUT2D eigenvalue weighted by Gasteiger charge is -2.30. The zero-order chi connectivity index (χ0) is 20.3. The van der Waals surface area contributed by atoms with Crippen molar-refractivity contribution in [3.63, 3.8) is 0 Å². The molecule has 0 saturated carbocycles. The summed E-state index contributed by atoms with van der Waals surface area (Å²) in [5.74, 6) is -0.463. The summed E-state index contributed by atoms with van der Waals surface area (Å²) in [5, 5.41) is 4.73. The molecule has 1 atom stereocenters. The Morgan fingerprint density at radius 2 is 2.10 bits per heavy atom. The lowest BCUT2D eigenvalue weighted by atomic mass is 9.98. The molecule has 0 unspecified atom stereocenters. The molecule has 1 amide bonds. The number of carbonyl (C=O) groups excluding carboxylic acids is 1. The third kappa shape index (κ3) is 4.26. The van der Waals surface area contributed by atoms with E-state index in [-0.39, 0.29) is 18.4 Å². The second kappa shape index (κ2) is 8.48. The van der Waals surface area contributed by atoms with Crippen LogP contribution in [0.15, 0.2) is 64.7 Å². The number of carbonyl (C=O) groups is 1. The Labute approximate surface area is 174 Å². The van der Waals surface area contributed by atoms with Gasteiger partial charge in [0.05, 0.1) is 17.9 Å². The maximum absolute atomic E-state index is 12.8. The normalized spacial score (nSPS) is 17.9. The molecule has 9 heteroatoms. The van der Waals surface area contributed by atoms with Gasteiger partial charge in [-0.25, -0.2) is 13.4 Å². The third-order valence-corrected chi connectivity index (χ3v) is 8.31. The predicted molar refractivity (Wildman–Crippen MR) is 111 cm³/mol. The summed E-state index contributed by atoms with van der Waals surface area (Å²) >= 11 is 1.20. The summed E-state index contributed by atoms with van der Waals surface area (Å²) in [4.78, 5) is 16.9. The van der Waals surface area contributed by atoms with Crippen molar-refractivity contribution in [2.75, 3.05) is 13.1 Å². The summed E-state index contributed by atoms with van der Waals surface area (Å²) in [6.07, 6.45) is 6.64. The van der Waals surface area contributed by atoms with Crippen LogP contribution >= 0.6 is 11.3 Å². The summed E-state index contributed by atoms with van der Waals surface area (Å²) in [5.41, 5.74) is 1.92. The van der Waals surface area contributed by atoms with Crippen LogP contribution in [0.4, 0.5) is 0 Å². The highest BCUT2D eigenvalue weighted by Crippen LogP contribution is 2.26. The molecule has 4 rings (SSSR count). The number of sulfonamides is 1. The largest absolute Gasteiger partial charge is 0.352 e. The molecule has 1 N–H and O–H groups in total. The van der Waals surface area contributed by atoms with Gasteiger partial charge in [-0.1, -0.05) is 24.3 Å². The molecule has 152 valence electrons. The number of rotatable bonds is 6. The van der Waals surface area contributed by atoms with Crippen molar-refractivity contribution >= 4 is 27.3 Å². The van der Waals surface area contributed by atoms with Crippen LogP contribution in [0.25, 0.3) is 5.69 Å². The second-order valence-corrected chi connectivity index (χ2v) is 10.1. The van der Waals surface area contributed by atoms with Crippen molar-refractivity contribution in [2.24, 2.45) is 5.92 Å². The zero-order valence-corrected chi connectivity index (χ0v) is 17.4. The minimum absolute atomic E-state index is 0.114. The first-order chi connectivity index (χ1) is 14.1. The minimum atomic E-state index is -3.53. The van der Waals surface area contributed by atoms with Crippen LogP contribution in [0.5, 0.6) is 0 Å². The van der Waals surface area contributed by atoms with Crippen LogP contribution in [-0.4, -0.2) is 41.3 Å². The van der Waals surface area contributed by atoms with E-state index in [2.05, 4.69) is 10.3 Å². The Morgan fingerprint density at radius 1 is 1.24 bits per heavy atom. The number of benzene rings is 1.